The second-order valence-electron chi connectivity index (χ2n) is 6.45. The van der Waals surface area contributed by atoms with Gasteiger partial charge in [0.05, 0.1) is 10.1 Å². The van der Waals surface area contributed by atoms with E-state index in [1.165, 1.54) is 36.5 Å². The first-order chi connectivity index (χ1) is 12.5. The van der Waals surface area contributed by atoms with E-state index in [9.17, 15) is 4.39 Å². The Bertz CT molecular complexity index is 1070. The van der Waals surface area contributed by atoms with Gasteiger partial charge >= 0.3 is 0 Å². The van der Waals surface area contributed by atoms with Gasteiger partial charge in [-0.15, -0.1) is 0 Å². The fourth-order valence-corrected chi connectivity index (χ4v) is 5.52. The van der Waals surface area contributed by atoms with E-state index in [1.807, 2.05) is 42.5 Å². The van der Waals surface area contributed by atoms with Gasteiger partial charge < -0.3 is 5.73 Å². The maximum atomic E-state index is 13.5. The van der Waals surface area contributed by atoms with Crippen molar-refractivity contribution in [1.82, 2.24) is 4.37 Å². The molecule has 2 N–H and O–H groups in total. The largest absolute Gasteiger partial charge is 0.382 e. The molecule has 3 aromatic rings. The van der Waals surface area contributed by atoms with Crippen LogP contribution in [-0.2, 0) is 0 Å². The Hall–Kier alpha value is -0.990. The first kappa shape index (κ1) is 22.3. The third-order valence-electron chi connectivity index (χ3n) is 5.07. The summed E-state index contributed by atoms with van der Waals surface area (Å²) in [5.74, 6) is 0.288. The fourth-order valence-electron chi connectivity index (χ4n) is 2.75. The molecule has 27 heavy (non-hydrogen) atoms. The number of benzene rings is 2. The Morgan fingerprint density at radius 2 is 1.41 bits per heavy atom. The lowest BCUT2D eigenvalue weighted by Crippen LogP contribution is -2.00. The lowest BCUT2D eigenvalue weighted by Gasteiger charge is -2.10. The van der Waals surface area contributed by atoms with E-state index in [0.29, 0.717) is 11.4 Å². The van der Waals surface area contributed by atoms with E-state index in [-0.39, 0.29) is 11.4 Å². The molecule has 3 nitrogen and oxygen atoms in total. The van der Waals surface area contributed by atoms with Crippen LogP contribution in [-0.4, -0.2) is 4.37 Å². The predicted molar refractivity (Wildman–Crippen MR) is 129 cm³/mol. The van der Waals surface area contributed by atoms with Gasteiger partial charge in [0.25, 0.3) is 0 Å². The van der Waals surface area contributed by atoms with Crippen LogP contribution in [0.3, 0.4) is 0 Å². The highest BCUT2D eigenvalue weighted by Crippen LogP contribution is 2.36. The number of fused-ring (bicyclic) bond motifs is 1. The number of hydrogen-bond acceptors (Lipinski definition) is 4. The third kappa shape index (κ3) is 3.93. The lowest BCUT2D eigenvalue weighted by molar-refractivity contribution is 0.611. The number of rotatable bonds is 0. The van der Waals surface area contributed by atoms with Gasteiger partial charge in [-0.05, 0) is 132 Å². The van der Waals surface area contributed by atoms with Crippen LogP contribution in [0.1, 0.15) is 38.9 Å². The van der Waals surface area contributed by atoms with E-state index in [4.69, 9.17) is 11.0 Å². The number of nitrogens with two attached hydrogens (primary N) is 1. The summed E-state index contributed by atoms with van der Waals surface area (Å²) in [5.41, 5.74) is 12.5. The van der Waals surface area contributed by atoms with Gasteiger partial charge in [-0.25, -0.2) is 4.39 Å². The second kappa shape index (κ2) is 8.57. The summed E-state index contributed by atoms with van der Waals surface area (Å²) in [6, 6.07) is 1.89. The number of aromatic nitrogens is 1. The molecule has 2 aromatic carbocycles. The summed E-state index contributed by atoms with van der Waals surface area (Å²) in [7, 11) is 0. The summed E-state index contributed by atoms with van der Waals surface area (Å²) in [5, 5.41) is 9.88. The van der Waals surface area contributed by atoms with Crippen molar-refractivity contribution in [3.8, 4) is 6.07 Å². The zero-order valence-corrected chi connectivity index (χ0v) is 21.1. The molecule has 0 bridgehead atoms. The summed E-state index contributed by atoms with van der Waals surface area (Å²) >= 11 is 5.86. The SMILES string of the molecule is Cc1c(C)c(F)c(C#N)c(I)c1C.Cc1c(C)c(I)c2c(N)nsc2c1C. The van der Waals surface area contributed by atoms with Gasteiger partial charge in [-0.2, -0.15) is 9.64 Å². The molecule has 0 saturated carbocycles. The maximum absolute atomic E-state index is 13.5. The number of nitrogen functional groups attached to an aromatic ring is 1. The summed E-state index contributed by atoms with van der Waals surface area (Å²) in [6.07, 6.45) is 0. The molecule has 0 fully saturated rings. The van der Waals surface area contributed by atoms with Gasteiger partial charge in [0.15, 0.2) is 0 Å². The minimum absolute atomic E-state index is 0.168. The molecule has 0 unspecified atom stereocenters. The average molecular weight is 607 g/mol. The van der Waals surface area contributed by atoms with Gasteiger partial charge in [-0.3, -0.25) is 0 Å². The maximum Gasteiger partial charge on any atom is 0.146 e. The standard InChI is InChI=1S/C10H9FIN.C10H11IN2S/c1-5-6(2)9(11)8(4-13)10(12)7(5)3;1-4-5(2)8(11)7-9(6(4)3)14-13-10(7)12/h1-3H3;1-3H3,(H2,12,13). The number of nitriles is 1. The lowest BCUT2D eigenvalue weighted by atomic mass is 10.0. The van der Waals surface area contributed by atoms with Crippen molar-refractivity contribution in [3.63, 3.8) is 0 Å². The van der Waals surface area contributed by atoms with Crippen molar-refractivity contribution in [3.05, 3.63) is 51.9 Å². The van der Waals surface area contributed by atoms with Gasteiger partial charge in [0, 0.05) is 7.14 Å². The van der Waals surface area contributed by atoms with Crippen LogP contribution in [0, 0.1) is 65.8 Å². The number of hydrogen-bond donors (Lipinski definition) is 1. The minimum atomic E-state index is -0.380. The Morgan fingerprint density at radius 3 is 1.96 bits per heavy atom. The van der Waals surface area contributed by atoms with Crippen molar-refractivity contribution in [1.29, 1.82) is 5.26 Å². The summed E-state index contributed by atoms with van der Waals surface area (Å²) in [4.78, 5) is 0. The normalized spacial score (nSPS) is 10.5. The third-order valence-corrected chi connectivity index (χ3v) is 8.74. The van der Waals surface area contributed by atoms with E-state index in [2.05, 4.69) is 47.7 Å². The van der Waals surface area contributed by atoms with E-state index in [0.717, 1.165) is 20.1 Å². The van der Waals surface area contributed by atoms with Crippen molar-refractivity contribution in [2.45, 2.75) is 41.5 Å². The molecule has 0 amide bonds. The molecular weight excluding hydrogens is 587 g/mol. The highest BCUT2D eigenvalue weighted by Gasteiger charge is 2.15. The number of halogens is 3. The Balaban J connectivity index is 0.000000194. The smallest absolute Gasteiger partial charge is 0.146 e. The first-order valence-corrected chi connectivity index (χ1v) is 11.1. The zero-order chi connectivity index (χ0) is 20.6. The Kier molecular flexibility index (Phi) is 7.08. The molecule has 0 atom stereocenters. The highest BCUT2D eigenvalue weighted by atomic mass is 127. The molecule has 142 valence electrons. The van der Waals surface area contributed by atoms with Crippen molar-refractivity contribution in [2.24, 2.45) is 0 Å². The molecule has 0 spiro atoms. The van der Waals surface area contributed by atoms with Crippen LogP contribution in [0.4, 0.5) is 10.2 Å². The minimum Gasteiger partial charge on any atom is -0.382 e. The molecule has 0 radical (unpaired) electrons. The molecule has 0 aliphatic heterocycles. The molecule has 0 aliphatic rings. The molecule has 7 heteroatoms. The van der Waals surface area contributed by atoms with Crippen LogP contribution < -0.4 is 5.73 Å². The van der Waals surface area contributed by atoms with Crippen LogP contribution in [0.5, 0.6) is 0 Å². The quantitative estimate of drug-likeness (QED) is 0.292. The second-order valence-corrected chi connectivity index (χ2v) is 9.38. The van der Waals surface area contributed by atoms with Gasteiger partial charge in [0.2, 0.25) is 0 Å². The van der Waals surface area contributed by atoms with Crippen LogP contribution in [0.2, 0.25) is 0 Å². The number of aryl methyl sites for hydroxylation is 1. The Morgan fingerprint density at radius 1 is 0.889 bits per heavy atom. The van der Waals surface area contributed by atoms with Crippen molar-refractivity contribution >= 4 is 72.6 Å². The topological polar surface area (TPSA) is 62.7 Å². The Labute approximate surface area is 190 Å². The molecule has 1 aromatic heterocycles. The molecule has 3 rings (SSSR count). The molecule has 0 saturated heterocycles. The van der Waals surface area contributed by atoms with E-state index in [1.54, 1.807) is 6.92 Å². The molecule has 1 heterocycles. The summed E-state index contributed by atoms with van der Waals surface area (Å²) < 4.78 is 20.9. The van der Waals surface area contributed by atoms with Crippen molar-refractivity contribution in [2.75, 3.05) is 5.73 Å². The van der Waals surface area contributed by atoms with Crippen molar-refractivity contribution < 1.29 is 4.39 Å². The van der Waals surface area contributed by atoms with Crippen LogP contribution in [0.15, 0.2) is 0 Å². The highest BCUT2D eigenvalue weighted by molar-refractivity contribution is 14.1. The van der Waals surface area contributed by atoms with Gasteiger partial charge in [0.1, 0.15) is 23.3 Å². The monoisotopic (exact) mass is 607 g/mol. The molecular formula is C20H20FI2N3S. The van der Waals surface area contributed by atoms with Crippen LogP contribution in [0.25, 0.3) is 10.1 Å². The number of anilines is 1. The van der Waals surface area contributed by atoms with Gasteiger partial charge in [-0.1, -0.05) is 0 Å². The first-order valence-electron chi connectivity index (χ1n) is 8.19. The average Bonchev–Trinajstić information content (AvgIpc) is 3.04. The van der Waals surface area contributed by atoms with E-state index < -0.39 is 0 Å². The fraction of sp³-hybridized carbons (Fsp3) is 0.300. The summed E-state index contributed by atoms with van der Waals surface area (Å²) in [6.45, 7) is 11.9. The predicted octanol–water partition coefficient (Wildman–Crippen LogP) is 6.64. The van der Waals surface area contributed by atoms with E-state index >= 15 is 0 Å². The zero-order valence-electron chi connectivity index (χ0n) is 16.0. The van der Waals surface area contributed by atoms with Crippen LogP contribution >= 0.6 is 56.7 Å². The number of nitrogens with zero attached hydrogens (tertiary/aromatic N) is 2. The molecule has 0 aliphatic carbocycles.